The van der Waals surface area contributed by atoms with Gasteiger partial charge in [0.2, 0.25) is 0 Å². The Morgan fingerprint density at radius 3 is 2.50 bits per heavy atom. The van der Waals surface area contributed by atoms with E-state index in [0.29, 0.717) is 16.9 Å². The molecule has 2 aromatic heterocycles. The maximum absolute atomic E-state index is 12.6. The molecular weight excluding hydrogens is 328 g/mol. The summed E-state index contributed by atoms with van der Waals surface area (Å²) in [6.45, 7) is 1.50. The minimum atomic E-state index is -0.362. The zero-order valence-electron chi connectivity index (χ0n) is 14.2. The third-order valence-corrected chi connectivity index (χ3v) is 4.48. The smallest absolute Gasteiger partial charge is 0.274 e. The molecule has 1 N–H and O–H groups in total. The van der Waals surface area contributed by atoms with Crippen LogP contribution >= 0.6 is 0 Å². The summed E-state index contributed by atoms with van der Waals surface area (Å²) in [5.41, 5.74) is 1.84. The number of aromatic nitrogens is 2. The second-order valence-electron chi connectivity index (χ2n) is 6.24. The first-order chi connectivity index (χ1) is 12.7. The van der Waals surface area contributed by atoms with Crippen LogP contribution in [0.5, 0.6) is 0 Å². The highest BCUT2D eigenvalue weighted by molar-refractivity contribution is 6.07. The predicted octanol–water partition coefficient (Wildman–Crippen LogP) is 3.12. The van der Waals surface area contributed by atoms with Crippen molar-refractivity contribution >= 4 is 28.4 Å². The van der Waals surface area contributed by atoms with Crippen LogP contribution in [0.15, 0.2) is 54.7 Å². The number of hydrogen-bond acceptors (Lipinski definition) is 4. The van der Waals surface area contributed by atoms with Crippen LogP contribution in [0.3, 0.4) is 0 Å². The van der Waals surface area contributed by atoms with Crippen molar-refractivity contribution in [3.8, 4) is 0 Å². The van der Waals surface area contributed by atoms with Gasteiger partial charge in [0.05, 0.1) is 11.2 Å². The molecular formula is C20H18N4O2. The van der Waals surface area contributed by atoms with Crippen molar-refractivity contribution in [1.82, 2.24) is 14.9 Å². The van der Waals surface area contributed by atoms with Gasteiger partial charge in [0.1, 0.15) is 11.4 Å². The van der Waals surface area contributed by atoms with Crippen molar-refractivity contribution in [2.75, 3.05) is 18.4 Å². The first-order valence-electron chi connectivity index (χ1n) is 8.64. The van der Waals surface area contributed by atoms with Crippen LogP contribution in [0.1, 0.15) is 33.8 Å². The third kappa shape index (κ3) is 3.13. The summed E-state index contributed by atoms with van der Waals surface area (Å²) in [4.78, 5) is 35.5. The first-order valence-corrected chi connectivity index (χ1v) is 8.64. The molecule has 0 spiro atoms. The molecule has 26 heavy (non-hydrogen) atoms. The van der Waals surface area contributed by atoms with Crippen LogP contribution < -0.4 is 5.32 Å². The van der Waals surface area contributed by atoms with Crippen molar-refractivity contribution in [2.24, 2.45) is 0 Å². The van der Waals surface area contributed by atoms with Gasteiger partial charge in [0.25, 0.3) is 11.8 Å². The molecule has 0 unspecified atom stereocenters. The van der Waals surface area contributed by atoms with Crippen LogP contribution in [0.4, 0.5) is 5.69 Å². The van der Waals surface area contributed by atoms with Gasteiger partial charge >= 0.3 is 0 Å². The zero-order chi connectivity index (χ0) is 17.9. The molecule has 1 aliphatic rings. The minimum absolute atomic E-state index is 0.121. The quantitative estimate of drug-likeness (QED) is 0.791. The maximum Gasteiger partial charge on any atom is 0.274 e. The Balaban J connectivity index is 1.58. The Labute approximate surface area is 150 Å². The maximum atomic E-state index is 12.6. The number of anilines is 1. The summed E-state index contributed by atoms with van der Waals surface area (Å²) < 4.78 is 0. The van der Waals surface area contributed by atoms with Crippen molar-refractivity contribution in [2.45, 2.75) is 12.8 Å². The van der Waals surface area contributed by atoms with Gasteiger partial charge in [-0.05, 0) is 37.1 Å². The van der Waals surface area contributed by atoms with E-state index in [-0.39, 0.29) is 17.5 Å². The van der Waals surface area contributed by atoms with Gasteiger partial charge in [-0.3, -0.25) is 14.6 Å². The van der Waals surface area contributed by atoms with E-state index >= 15 is 0 Å². The summed E-state index contributed by atoms with van der Waals surface area (Å²) in [6, 6.07) is 14.3. The lowest BCUT2D eigenvalue weighted by atomic mass is 10.2. The molecule has 3 heterocycles. The van der Waals surface area contributed by atoms with E-state index in [9.17, 15) is 9.59 Å². The van der Waals surface area contributed by atoms with E-state index in [1.165, 1.54) is 0 Å². The number of carbonyl (C=O) groups is 2. The largest absolute Gasteiger partial charge is 0.337 e. The SMILES string of the molecule is O=C(Nc1cccc2cccnc12)c1cccc(C(=O)N2CCCC2)n1. The molecule has 0 bridgehead atoms. The minimum Gasteiger partial charge on any atom is -0.337 e. The number of rotatable bonds is 3. The molecule has 6 nitrogen and oxygen atoms in total. The van der Waals surface area contributed by atoms with E-state index in [2.05, 4.69) is 15.3 Å². The van der Waals surface area contributed by atoms with Gasteiger partial charge in [-0.25, -0.2) is 4.98 Å². The summed E-state index contributed by atoms with van der Waals surface area (Å²) in [5, 5.41) is 3.79. The molecule has 0 atom stereocenters. The van der Waals surface area contributed by atoms with Crippen molar-refractivity contribution in [3.05, 3.63) is 66.1 Å². The van der Waals surface area contributed by atoms with Crippen molar-refractivity contribution < 1.29 is 9.59 Å². The highest BCUT2D eigenvalue weighted by Crippen LogP contribution is 2.21. The lowest BCUT2D eigenvalue weighted by Crippen LogP contribution is -2.29. The van der Waals surface area contributed by atoms with Crippen molar-refractivity contribution in [1.29, 1.82) is 0 Å². The Hall–Kier alpha value is -3.28. The molecule has 0 saturated carbocycles. The van der Waals surface area contributed by atoms with E-state index in [1.54, 1.807) is 35.4 Å². The number of amides is 2. The van der Waals surface area contributed by atoms with Gasteiger partial charge in [-0.1, -0.05) is 24.3 Å². The Kier molecular flexibility index (Phi) is 4.31. The molecule has 1 fully saturated rings. The molecule has 1 aromatic carbocycles. The molecule has 1 saturated heterocycles. The van der Waals surface area contributed by atoms with E-state index in [4.69, 9.17) is 0 Å². The van der Waals surface area contributed by atoms with Crippen LogP contribution in [-0.4, -0.2) is 39.8 Å². The van der Waals surface area contributed by atoms with Crippen LogP contribution in [0.2, 0.25) is 0 Å². The van der Waals surface area contributed by atoms with Gasteiger partial charge in [0.15, 0.2) is 0 Å². The molecule has 4 rings (SSSR count). The molecule has 3 aromatic rings. The Morgan fingerprint density at radius 1 is 0.923 bits per heavy atom. The number of nitrogens with zero attached hydrogens (tertiary/aromatic N) is 3. The fraction of sp³-hybridized carbons (Fsp3) is 0.200. The average molecular weight is 346 g/mol. The number of pyridine rings is 2. The third-order valence-electron chi connectivity index (χ3n) is 4.48. The van der Waals surface area contributed by atoms with Gasteiger partial charge in [0, 0.05) is 24.7 Å². The predicted molar refractivity (Wildman–Crippen MR) is 99.1 cm³/mol. The average Bonchev–Trinajstić information content (AvgIpc) is 3.22. The fourth-order valence-corrected chi connectivity index (χ4v) is 3.15. The van der Waals surface area contributed by atoms with Crippen molar-refractivity contribution in [3.63, 3.8) is 0 Å². The monoisotopic (exact) mass is 346 g/mol. The highest BCUT2D eigenvalue weighted by atomic mass is 16.2. The number of nitrogens with one attached hydrogen (secondary N) is 1. The molecule has 6 heteroatoms. The van der Waals surface area contributed by atoms with Crippen LogP contribution in [0, 0.1) is 0 Å². The summed E-state index contributed by atoms with van der Waals surface area (Å²) in [5.74, 6) is -0.483. The number of fused-ring (bicyclic) bond motifs is 1. The number of hydrogen-bond donors (Lipinski definition) is 1. The lowest BCUT2D eigenvalue weighted by Gasteiger charge is -2.15. The molecule has 2 amide bonds. The normalized spacial score (nSPS) is 13.8. The van der Waals surface area contributed by atoms with Gasteiger partial charge in [-0.15, -0.1) is 0 Å². The number of benzene rings is 1. The Bertz CT molecular complexity index is 975. The lowest BCUT2D eigenvalue weighted by molar-refractivity contribution is 0.0787. The summed E-state index contributed by atoms with van der Waals surface area (Å²) >= 11 is 0. The topological polar surface area (TPSA) is 75.2 Å². The molecule has 0 aliphatic carbocycles. The second-order valence-corrected chi connectivity index (χ2v) is 6.24. The zero-order valence-corrected chi connectivity index (χ0v) is 14.2. The summed E-state index contributed by atoms with van der Waals surface area (Å²) in [7, 11) is 0. The fourth-order valence-electron chi connectivity index (χ4n) is 3.15. The highest BCUT2D eigenvalue weighted by Gasteiger charge is 2.21. The van der Waals surface area contributed by atoms with E-state index in [0.717, 1.165) is 31.3 Å². The van der Waals surface area contributed by atoms with Gasteiger partial charge < -0.3 is 10.2 Å². The Morgan fingerprint density at radius 2 is 1.65 bits per heavy atom. The standard InChI is InChI=1S/C20H18N4O2/c25-19(23-15-8-3-6-14-7-5-11-21-18(14)15)16-9-4-10-17(22-16)20(26)24-12-1-2-13-24/h3-11H,1-2,12-13H2,(H,23,25). The number of para-hydroxylation sites is 1. The summed E-state index contributed by atoms with van der Waals surface area (Å²) in [6.07, 6.45) is 3.71. The van der Waals surface area contributed by atoms with E-state index in [1.807, 2.05) is 24.3 Å². The van der Waals surface area contributed by atoms with Crippen LogP contribution in [0.25, 0.3) is 10.9 Å². The molecule has 1 aliphatic heterocycles. The molecule has 130 valence electrons. The van der Waals surface area contributed by atoms with Gasteiger partial charge in [-0.2, -0.15) is 0 Å². The van der Waals surface area contributed by atoms with Crippen LogP contribution in [-0.2, 0) is 0 Å². The number of likely N-dealkylation sites (tertiary alicyclic amines) is 1. The molecule has 0 radical (unpaired) electrons. The first kappa shape index (κ1) is 16.2. The second kappa shape index (κ2) is 6.92. The van der Waals surface area contributed by atoms with E-state index < -0.39 is 0 Å². The number of carbonyl (C=O) groups excluding carboxylic acids is 2.